The van der Waals surface area contributed by atoms with E-state index in [2.05, 4.69) is 31.3 Å². The lowest BCUT2D eigenvalue weighted by molar-refractivity contribution is -0.359. The predicted octanol–water partition coefficient (Wildman–Crippen LogP) is 18.6. The lowest BCUT2D eigenvalue weighted by Gasteiger charge is -2.46. The third-order valence-electron chi connectivity index (χ3n) is 20.4. The molecule has 14 nitrogen and oxygen atoms in total. The van der Waals surface area contributed by atoms with E-state index in [0.29, 0.717) is 12.8 Å². The van der Waals surface area contributed by atoms with Crippen molar-refractivity contribution in [1.82, 2.24) is 5.32 Å². The molecule has 0 aromatic rings. The fourth-order valence-corrected chi connectivity index (χ4v) is 13.9. The molecule has 95 heavy (non-hydrogen) atoms. The monoisotopic (exact) mass is 1350 g/mol. The molecule has 562 valence electrons. The van der Waals surface area contributed by atoms with Gasteiger partial charge in [0, 0.05) is 6.42 Å². The van der Waals surface area contributed by atoms with Crippen molar-refractivity contribution in [2.24, 2.45) is 0 Å². The van der Waals surface area contributed by atoms with Crippen molar-refractivity contribution in [3.8, 4) is 0 Å². The van der Waals surface area contributed by atoms with Crippen molar-refractivity contribution >= 4 is 5.91 Å². The first-order valence-electron chi connectivity index (χ1n) is 41.1. The van der Waals surface area contributed by atoms with Gasteiger partial charge in [0.2, 0.25) is 5.91 Å². The molecule has 2 aliphatic rings. The number of nitrogens with one attached hydrogen (secondary N) is 1. The number of aliphatic hydroxyl groups is 8. The van der Waals surface area contributed by atoms with Crippen LogP contribution in [-0.2, 0) is 23.7 Å². The average molecular weight is 1350 g/mol. The van der Waals surface area contributed by atoms with Gasteiger partial charge in [-0.25, -0.2) is 0 Å². The largest absolute Gasteiger partial charge is 0.394 e. The van der Waals surface area contributed by atoms with E-state index in [1.807, 2.05) is 6.08 Å². The van der Waals surface area contributed by atoms with E-state index in [9.17, 15) is 45.6 Å². The predicted molar refractivity (Wildman–Crippen MR) is 392 cm³/mol. The smallest absolute Gasteiger partial charge is 0.220 e. The van der Waals surface area contributed by atoms with Crippen LogP contribution in [0.5, 0.6) is 0 Å². The number of allylic oxidation sites excluding steroid dienone is 3. The highest BCUT2D eigenvalue weighted by Gasteiger charge is 2.51. The number of hydrogen-bond donors (Lipinski definition) is 9. The van der Waals surface area contributed by atoms with Crippen molar-refractivity contribution in [2.75, 3.05) is 19.8 Å². The van der Waals surface area contributed by atoms with Crippen LogP contribution in [0.25, 0.3) is 0 Å². The van der Waals surface area contributed by atoms with E-state index in [0.717, 1.165) is 32.1 Å². The van der Waals surface area contributed by atoms with Gasteiger partial charge in [0.05, 0.1) is 32.0 Å². The Hall–Kier alpha value is -1.53. The molecular weight excluding hydrogens is 1190 g/mol. The molecule has 0 aromatic heterocycles. The minimum absolute atomic E-state index is 0.240. The first kappa shape index (κ1) is 89.6. The Kier molecular flexibility index (Phi) is 62.0. The Morgan fingerprint density at radius 2 is 0.674 bits per heavy atom. The SMILES string of the molecule is CCCCCCCCCCCCCCCCC/C=C/CC/C=C/C(O)C(COC1OC(CO)C(OC2OC(CO)C(O)C(O)C2O)C(O)C1O)NC(=O)CCCCCCCCCCCCCCCCCCCCCCCCCCCCCCCCCCCCCCCCCC. The third kappa shape index (κ3) is 48.9. The summed E-state index contributed by atoms with van der Waals surface area (Å²) in [6.07, 6.45) is 68.7. The molecule has 12 unspecified atom stereocenters. The number of hydrogen-bond acceptors (Lipinski definition) is 13. The number of carbonyl (C=O) groups excluding carboxylic acids is 1. The molecule has 12 atom stereocenters. The van der Waals surface area contributed by atoms with Gasteiger partial charge in [0.15, 0.2) is 12.6 Å². The molecule has 0 radical (unpaired) electrons. The molecule has 2 aliphatic heterocycles. The molecule has 2 saturated heterocycles. The first-order valence-corrected chi connectivity index (χ1v) is 41.1. The van der Waals surface area contributed by atoms with E-state index in [4.69, 9.17) is 18.9 Å². The summed E-state index contributed by atoms with van der Waals surface area (Å²) >= 11 is 0. The van der Waals surface area contributed by atoms with Crippen LogP contribution in [-0.4, -0.2) is 140 Å². The molecule has 0 bridgehead atoms. The van der Waals surface area contributed by atoms with Gasteiger partial charge in [-0.1, -0.05) is 378 Å². The highest BCUT2D eigenvalue weighted by Crippen LogP contribution is 2.30. The second-order valence-electron chi connectivity index (χ2n) is 29.3. The van der Waals surface area contributed by atoms with E-state index in [1.54, 1.807) is 6.08 Å². The van der Waals surface area contributed by atoms with Gasteiger partial charge in [0.25, 0.3) is 0 Å². The fourth-order valence-electron chi connectivity index (χ4n) is 13.9. The maximum atomic E-state index is 13.4. The third-order valence-corrected chi connectivity index (χ3v) is 20.4. The zero-order valence-electron chi connectivity index (χ0n) is 61.7. The Bertz CT molecular complexity index is 1690. The van der Waals surface area contributed by atoms with E-state index >= 15 is 0 Å². The standard InChI is InChI=1S/C81H155NO13/c1-3-5-7-9-11-13-15-17-19-21-23-25-26-27-28-29-30-31-32-33-34-35-36-37-38-39-40-41-42-43-45-47-49-51-53-55-57-59-61-63-65-73(86)82-69(70(85)64-62-60-58-56-54-52-50-48-46-44-24-22-20-18-16-14-12-10-8-6-4-2)68-92-80-78(91)76(89)79(72(67-84)94-80)95-81-77(90)75(88)74(87)71(66-83)93-81/h54,56,62,64,69-72,74-81,83-85,87-91H,3-53,55,57-61,63,65-68H2,1-2H3,(H,82,86)/b56-54+,64-62+. The molecule has 9 N–H and O–H groups in total. The Morgan fingerprint density at radius 1 is 0.368 bits per heavy atom. The molecule has 0 aliphatic carbocycles. The molecular formula is C81H155NO13. The minimum Gasteiger partial charge on any atom is -0.394 e. The van der Waals surface area contributed by atoms with Gasteiger partial charge in [-0.2, -0.15) is 0 Å². The van der Waals surface area contributed by atoms with Crippen LogP contribution in [0.15, 0.2) is 24.3 Å². The highest BCUT2D eigenvalue weighted by atomic mass is 16.7. The maximum Gasteiger partial charge on any atom is 0.220 e. The number of amides is 1. The van der Waals surface area contributed by atoms with Gasteiger partial charge in [-0.15, -0.1) is 0 Å². The second kappa shape index (κ2) is 65.8. The topological polar surface area (TPSA) is 228 Å². The Morgan fingerprint density at radius 3 is 1.03 bits per heavy atom. The molecule has 0 saturated carbocycles. The Balaban J connectivity index is 1.56. The minimum atomic E-state index is -1.79. The molecule has 2 heterocycles. The molecule has 14 heteroatoms. The molecule has 1 amide bonds. The number of unbranched alkanes of at least 4 members (excludes halogenated alkanes) is 55. The lowest BCUT2D eigenvalue weighted by Crippen LogP contribution is -2.65. The summed E-state index contributed by atoms with van der Waals surface area (Å²) in [5.41, 5.74) is 0. The number of rotatable bonds is 70. The second-order valence-corrected chi connectivity index (χ2v) is 29.3. The van der Waals surface area contributed by atoms with Crippen LogP contribution in [0.2, 0.25) is 0 Å². The van der Waals surface area contributed by atoms with Crippen LogP contribution in [0.4, 0.5) is 0 Å². The fraction of sp³-hybridized carbons (Fsp3) is 0.938. The zero-order chi connectivity index (χ0) is 68.7. The van der Waals surface area contributed by atoms with Gasteiger partial charge in [-0.05, 0) is 32.1 Å². The highest BCUT2D eigenvalue weighted by molar-refractivity contribution is 5.76. The van der Waals surface area contributed by atoms with Crippen molar-refractivity contribution in [1.29, 1.82) is 0 Å². The zero-order valence-corrected chi connectivity index (χ0v) is 61.7. The van der Waals surface area contributed by atoms with Crippen LogP contribution in [0.1, 0.15) is 393 Å². The quantitative estimate of drug-likeness (QED) is 0.0204. The van der Waals surface area contributed by atoms with Gasteiger partial charge < -0.3 is 65.1 Å². The van der Waals surface area contributed by atoms with Crippen molar-refractivity contribution < 1.29 is 64.6 Å². The summed E-state index contributed by atoms with van der Waals surface area (Å²) in [6.45, 7) is 2.85. The summed E-state index contributed by atoms with van der Waals surface area (Å²) in [4.78, 5) is 13.4. The van der Waals surface area contributed by atoms with E-state index in [1.165, 1.54) is 327 Å². The van der Waals surface area contributed by atoms with Crippen molar-refractivity contribution in [3.05, 3.63) is 24.3 Å². The van der Waals surface area contributed by atoms with Crippen molar-refractivity contribution in [2.45, 2.75) is 466 Å². The average Bonchev–Trinajstić information content (AvgIpc) is 0.927. The summed E-state index contributed by atoms with van der Waals surface area (Å²) in [6, 6.07) is -0.930. The normalized spacial score (nSPS) is 22.4. The number of ether oxygens (including phenoxy) is 4. The molecule has 0 spiro atoms. The maximum absolute atomic E-state index is 13.4. The van der Waals surface area contributed by atoms with Crippen molar-refractivity contribution in [3.63, 3.8) is 0 Å². The molecule has 2 fully saturated rings. The van der Waals surface area contributed by atoms with Crippen LogP contribution >= 0.6 is 0 Å². The van der Waals surface area contributed by atoms with Crippen LogP contribution in [0.3, 0.4) is 0 Å². The summed E-state index contributed by atoms with van der Waals surface area (Å²) in [5.74, 6) is -0.240. The van der Waals surface area contributed by atoms with Gasteiger partial charge in [-0.3, -0.25) is 4.79 Å². The summed E-state index contributed by atoms with van der Waals surface area (Å²) < 4.78 is 22.9. The summed E-state index contributed by atoms with van der Waals surface area (Å²) in [5, 5.41) is 87.6. The first-order chi connectivity index (χ1) is 46.6. The lowest BCUT2D eigenvalue weighted by atomic mass is 9.97. The van der Waals surface area contributed by atoms with E-state index < -0.39 is 86.8 Å². The van der Waals surface area contributed by atoms with Crippen LogP contribution in [0, 0.1) is 0 Å². The van der Waals surface area contributed by atoms with Gasteiger partial charge in [0.1, 0.15) is 48.8 Å². The van der Waals surface area contributed by atoms with E-state index in [-0.39, 0.29) is 18.9 Å². The summed E-state index contributed by atoms with van der Waals surface area (Å²) in [7, 11) is 0. The molecule has 2 rings (SSSR count). The van der Waals surface area contributed by atoms with Crippen LogP contribution < -0.4 is 5.32 Å². The molecule has 0 aromatic carbocycles. The number of carbonyl (C=O) groups is 1. The number of aliphatic hydroxyl groups excluding tert-OH is 8. The Labute approximate surface area is 583 Å². The van der Waals surface area contributed by atoms with Gasteiger partial charge >= 0.3 is 0 Å².